The van der Waals surface area contributed by atoms with E-state index in [1.807, 2.05) is 23.7 Å². The van der Waals surface area contributed by atoms with Crippen LogP contribution >= 0.6 is 11.3 Å². The van der Waals surface area contributed by atoms with Crippen LogP contribution in [0.3, 0.4) is 0 Å². The average molecular weight is 251 g/mol. The van der Waals surface area contributed by atoms with Crippen LogP contribution in [-0.2, 0) is 17.9 Å². The smallest absolute Gasteiger partial charge is 0.234 e. The molecule has 0 spiro atoms. The van der Waals surface area contributed by atoms with E-state index >= 15 is 0 Å². The van der Waals surface area contributed by atoms with Gasteiger partial charge in [0.15, 0.2) is 0 Å². The normalized spacial score (nSPS) is 10.4. The number of aromatic nitrogens is 3. The van der Waals surface area contributed by atoms with Gasteiger partial charge in [-0.2, -0.15) is 0 Å². The van der Waals surface area contributed by atoms with Crippen molar-refractivity contribution in [3.8, 4) is 0 Å². The summed E-state index contributed by atoms with van der Waals surface area (Å²) < 4.78 is 1.75. The number of hydrogen-bond donors (Lipinski definition) is 2. The van der Waals surface area contributed by atoms with Gasteiger partial charge in [-0.05, 0) is 11.4 Å². The predicted molar refractivity (Wildman–Crippen MR) is 64.3 cm³/mol. The van der Waals surface area contributed by atoms with Crippen molar-refractivity contribution in [2.45, 2.75) is 13.1 Å². The van der Waals surface area contributed by atoms with Crippen molar-refractivity contribution in [1.82, 2.24) is 20.3 Å². The quantitative estimate of drug-likeness (QED) is 0.781. The Labute approximate surface area is 102 Å². The zero-order valence-corrected chi connectivity index (χ0v) is 9.98. The van der Waals surface area contributed by atoms with E-state index in [1.54, 1.807) is 16.0 Å². The number of thiophene rings is 1. The van der Waals surface area contributed by atoms with Gasteiger partial charge in [-0.3, -0.25) is 4.79 Å². The minimum atomic E-state index is -0.196. The molecule has 0 aliphatic carbocycles. The van der Waals surface area contributed by atoms with Crippen molar-refractivity contribution in [2.24, 2.45) is 5.73 Å². The van der Waals surface area contributed by atoms with Crippen molar-refractivity contribution in [1.29, 1.82) is 0 Å². The number of hydrogen-bond acceptors (Lipinski definition) is 5. The van der Waals surface area contributed by atoms with E-state index in [2.05, 4.69) is 15.6 Å². The van der Waals surface area contributed by atoms with E-state index in [9.17, 15) is 4.79 Å². The number of carbonyl (C=O) groups excluding carboxylic acids is 1. The summed E-state index contributed by atoms with van der Waals surface area (Å²) in [6.45, 7) is 1.05. The Morgan fingerprint density at radius 2 is 2.47 bits per heavy atom. The topological polar surface area (TPSA) is 85.8 Å². The molecule has 3 N–H and O–H groups in total. The van der Waals surface area contributed by atoms with E-state index in [-0.39, 0.29) is 12.5 Å². The molecule has 2 aromatic rings. The Morgan fingerprint density at radius 1 is 1.59 bits per heavy atom. The second kappa shape index (κ2) is 5.55. The summed E-state index contributed by atoms with van der Waals surface area (Å²) in [4.78, 5) is 12.2. The van der Waals surface area contributed by atoms with Crippen LogP contribution in [0, 0.1) is 0 Å². The highest BCUT2D eigenvalue weighted by Gasteiger charge is 2.03. The lowest BCUT2D eigenvalue weighted by Crippen LogP contribution is -2.29. The third-order valence-electron chi connectivity index (χ3n) is 2.14. The summed E-state index contributed by atoms with van der Waals surface area (Å²) >= 11 is 1.67. The molecule has 2 heterocycles. The summed E-state index contributed by atoms with van der Waals surface area (Å²) in [6.07, 6.45) is 1.82. The van der Waals surface area contributed by atoms with Crippen LogP contribution < -0.4 is 11.1 Å². The summed E-state index contributed by atoms with van der Waals surface area (Å²) in [5.74, 6) is -0.196. The fourth-order valence-electron chi connectivity index (χ4n) is 1.32. The second-order valence-corrected chi connectivity index (χ2v) is 4.50. The van der Waals surface area contributed by atoms with Crippen molar-refractivity contribution in [2.75, 3.05) is 6.54 Å². The largest absolute Gasteiger partial charge is 0.349 e. The lowest BCUT2D eigenvalue weighted by molar-refractivity contribution is -0.119. The van der Waals surface area contributed by atoms with Gasteiger partial charge in [0.2, 0.25) is 5.91 Å². The highest BCUT2D eigenvalue weighted by Crippen LogP contribution is 2.09. The van der Waals surface area contributed by atoms with Crippen molar-refractivity contribution in [3.05, 3.63) is 34.3 Å². The molecule has 0 radical (unpaired) electrons. The molecule has 0 aromatic carbocycles. The van der Waals surface area contributed by atoms with Gasteiger partial charge in [0.25, 0.3) is 0 Å². The van der Waals surface area contributed by atoms with Gasteiger partial charge in [0.1, 0.15) is 5.69 Å². The molecule has 0 fully saturated rings. The predicted octanol–water partition coefficient (Wildman–Crippen LogP) is -0.0372. The molecule has 7 heteroatoms. The fourth-order valence-corrected chi connectivity index (χ4v) is 2.02. The number of nitrogens with one attached hydrogen (secondary N) is 1. The molecule has 0 saturated heterocycles. The maximum Gasteiger partial charge on any atom is 0.234 e. The fraction of sp³-hybridized carbons (Fsp3) is 0.300. The third kappa shape index (κ3) is 3.36. The number of carbonyl (C=O) groups is 1. The molecule has 1 amide bonds. The van der Waals surface area contributed by atoms with Crippen molar-refractivity contribution in [3.63, 3.8) is 0 Å². The molecule has 0 aliphatic rings. The molecule has 6 nitrogen and oxygen atoms in total. The minimum Gasteiger partial charge on any atom is -0.349 e. The Kier molecular flexibility index (Phi) is 3.84. The van der Waals surface area contributed by atoms with E-state index in [0.29, 0.717) is 13.1 Å². The van der Waals surface area contributed by atoms with Crippen LogP contribution in [0.25, 0.3) is 0 Å². The molecule has 2 rings (SSSR count). The SMILES string of the molecule is NCC(=O)NCc1cn(Cc2cccs2)nn1. The van der Waals surface area contributed by atoms with Crippen LogP contribution in [-0.4, -0.2) is 27.4 Å². The molecule has 0 atom stereocenters. The summed E-state index contributed by atoms with van der Waals surface area (Å²) in [5, 5.41) is 12.6. The molecular weight excluding hydrogens is 238 g/mol. The van der Waals surface area contributed by atoms with Gasteiger partial charge in [-0.1, -0.05) is 11.3 Å². The molecule has 0 aliphatic heterocycles. The molecule has 0 bridgehead atoms. The maximum atomic E-state index is 11.0. The van der Waals surface area contributed by atoms with Gasteiger partial charge in [-0.15, -0.1) is 16.4 Å². The lowest BCUT2D eigenvalue weighted by Gasteiger charge is -1.98. The van der Waals surface area contributed by atoms with Gasteiger partial charge in [0.05, 0.1) is 25.8 Å². The van der Waals surface area contributed by atoms with E-state index in [4.69, 9.17) is 5.73 Å². The Bertz CT molecular complexity index is 479. The standard InChI is InChI=1S/C10H13N5OS/c11-4-10(16)12-5-8-6-15(14-13-8)7-9-2-1-3-17-9/h1-3,6H,4-5,7,11H2,(H,12,16). The van der Waals surface area contributed by atoms with E-state index in [0.717, 1.165) is 5.69 Å². The lowest BCUT2D eigenvalue weighted by atomic mass is 10.4. The first-order chi connectivity index (χ1) is 8.28. The van der Waals surface area contributed by atoms with Gasteiger partial charge < -0.3 is 11.1 Å². The summed E-state index contributed by atoms with van der Waals surface area (Å²) in [7, 11) is 0. The number of amides is 1. The Morgan fingerprint density at radius 3 is 3.18 bits per heavy atom. The monoisotopic (exact) mass is 251 g/mol. The van der Waals surface area contributed by atoms with Gasteiger partial charge >= 0.3 is 0 Å². The number of rotatable bonds is 5. The average Bonchev–Trinajstić information content (AvgIpc) is 2.98. The Hall–Kier alpha value is -1.73. The highest BCUT2D eigenvalue weighted by molar-refractivity contribution is 7.09. The zero-order chi connectivity index (χ0) is 12.1. The molecule has 17 heavy (non-hydrogen) atoms. The maximum absolute atomic E-state index is 11.0. The first kappa shape index (κ1) is 11.7. The molecular formula is C10H13N5OS. The van der Waals surface area contributed by atoms with Crippen LogP contribution in [0.2, 0.25) is 0 Å². The zero-order valence-electron chi connectivity index (χ0n) is 9.17. The second-order valence-electron chi connectivity index (χ2n) is 3.47. The highest BCUT2D eigenvalue weighted by atomic mass is 32.1. The molecule has 90 valence electrons. The first-order valence-corrected chi connectivity index (χ1v) is 6.04. The summed E-state index contributed by atoms with van der Waals surface area (Å²) in [6, 6.07) is 4.04. The van der Waals surface area contributed by atoms with E-state index < -0.39 is 0 Å². The van der Waals surface area contributed by atoms with Crippen LogP contribution in [0.1, 0.15) is 10.6 Å². The molecule has 2 aromatic heterocycles. The van der Waals surface area contributed by atoms with Crippen molar-refractivity contribution >= 4 is 17.2 Å². The first-order valence-electron chi connectivity index (χ1n) is 5.16. The van der Waals surface area contributed by atoms with Crippen molar-refractivity contribution < 1.29 is 4.79 Å². The van der Waals surface area contributed by atoms with Gasteiger partial charge in [-0.25, -0.2) is 4.68 Å². The van der Waals surface area contributed by atoms with Crippen LogP contribution in [0.4, 0.5) is 0 Å². The van der Waals surface area contributed by atoms with Gasteiger partial charge in [0, 0.05) is 4.88 Å². The number of nitrogens with two attached hydrogens (primary N) is 1. The molecule has 0 unspecified atom stereocenters. The number of nitrogens with zero attached hydrogens (tertiary/aromatic N) is 3. The summed E-state index contributed by atoms with van der Waals surface area (Å²) in [5.41, 5.74) is 5.91. The Balaban J connectivity index is 1.90. The third-order valence-corrected chi connectivity index (χ3v) is 3.00. The van der Waals surface area contributed by atoms with Crippen LogP contribution in [0.5, 0.6) is 0 Å². The van der Waals surface area contributed by atoms with Crippen LogP contribution in [0.15, 0.2) is 23.7 Å². The minimum absolute atomic E-state index is 0.0106. The molecule has 0 saturated carbocycles. The van der Waals surface area contributed by atoms with E-state index in [1.165, 1.54) is 4.88 Å².